The Hall–Kier alpha value is -2.00. The fourth-order valence-electron chi connectivity index (χ4n) is 4.20. The van der Waals surface area contributed by atoms with Crippen LogP contribution in [0.4, 0.5) is 0 Å². The molecule has 1 aromatic rings. The Bertz CT molecular complexity index is 774. The van der Waals surface area contributed by atoms with E-state index < -0.39 is 29.1 Å². The second-order valence-corrected chi connectivity index (χ2v) is 10.9. The van der Waals surface area contributed by atoms with Crippen molar-refractivity contribution in [1.29, 1.82) is 0 Å². The van der Waals surface area contributed by atoms with Crippen molar-refractivity contribution in [2.24, 2.45) is 5.41 Å². The average molecular weight is 423 g/mol. The van der Waals surface area contributed by atoms with Crippen molar-refractivity contribution in [3.05, 3.63) is 11.9 Å². The standard InChI is InChI=1S/C21H38N6O3/c1-19(2,3)16(18(30)26-11-13(28)10-14(26)17(29)22-9)27-12-15(23-25-27)21(7,8)24-20(4,5)6/h12-14,16,24,28H,10-11H2,1-9H3,(H,22,29)/t13?,14?,16-/m1/s1. The number of aliphatic hydroxyl groups excluding tert-OH is 1. The molecule has 1 fully saturated rings. The number of hydrogen-bond donors (Lipinski definition) is 3. The molecule has 0 radical (unpaired) electrons. The minimum absolute atomic E-state index is 0.126. The molecule has 0 bridgehead atoms. The lowest BCUT2D eigenvalue weighted by Gasteiger charge is -2.35. The van der Waals surface area contributed by atoms with Crippen LogP contribution in [-0.2, 0) is 15.1 Å². The van der Waals surface area contributed by atoms with Crippen molar-refractivity contribution in [3.63, 3.8) is 0 Å². The molecule has 3 atom stereocenters. The first-order valence-electron chi connectivity index (χ1n) is 10.5. The van der Waals surface area contributed by atoms with Crippen LogP contribution < -0.4 is 10.6 Å². The van der Waals surface area contributed by atoms with Gasteiger partial charge in [0.2, 0.25) is 11.8 Å². The van der Waals surface area contributed by atoms with Gasteiger partial charge in [-0.05, 0) is 40.0 Å². The van der Waals surface area contributed by atoms with Gasteiger partial charge in [-0.3, -0.25) is 9.59 Å². The summed E-state index contributed by atoms with van der Waals surface area (Å²) in [6.45, 7) is 16.3. The average Bonchev–Trinajstić information content (AvgIpc) is 3.18. The third kappa shape index (κ3) is 5.37. The Morgan fingerprint density at radius 1 is 1.17 bits per heavy atom. The first-order valence-corrected chi connectivity index (χ1v) is 10.5. The van der Waals surface area contributed by atoms with Crippen LogP contribution in [0.15, 0.2) is 6.20 Å². The molecular formula is C21H38N6O3. The minimum Gasteiger partial charge on any atom is -0.391 e. The van der Waals surface area contributed by atoms with Gasteiger partial charge in [-0.1, -0.05) is 26.0 Å². The van der Waals surface area contributed by atoms with Gasteiger partial charge in [0.25, 0.3) is 0 Å². The molecule has 1 aliphatic heterocycles. The molecule has 0 saturated carbocycles. The highest BCUT2D eigenvalue weighted by atomic mass is 16.3. The van der Waals surface area contributed by atoms with E-state index in [4.69, 9.17) is 0 Å². The molecule has 1 aromatic heterocycles. The summed E-state index contributed by atoms with van der Waals surface area (Å²) in [5.41, 5.74) is -0.330. The van der Waals surface area contributed by atoms with Gasteiger partial charge in [0, 0.05) is 25.6 Å². The number of rotatable bonds is 5. The maximum Gasteiger partial charge on any atom is 0.248 e. The van der Waals surface area contributed by atoms with Gasteiger partial charge in [0.1, 0.15) is 17.8 Å². The van der Waals surface area contributed by atoms with Gasteiger partial charge in [0.15, 0.2) is 0 Å². The number of aromatic nitrogens is 3. The summed E-state index contributed by atoms with van der Waals surface area (Å²) >= 11 is 0. The van der Waals surface area contributed by atoms with Crippen molar-refractivity contribution in [3.8, 4) is 0 Å². The number of carbonyl (C=O) groups is 2. The number of nitrogens with zero attached hydrogens (tertiary/aromatic N) is 4. The molecule has 170 valence electrons. The highest BCUT2D eigenvalue weighted by Crippen LogP contribution is 2.35. The number of amides is 2. The zero-order valence-corrected chi connectivity index (χ0v) is 19.8. The quantitative estimate of drug-likeness (QED) is 0.657. The van der Waals surface area contributed by atoms with Gasteiger partial charge in [0.05, 0.1) is 17.8 Å². The Kier molecular flexibility index (Phi) is 6.68. The molecule has 1 saturated heterocycles. The Balaban J connectivity index is 2.39. The summed E-state index contributed by atoms with van der Waals surface area (Å²) in [5.74, 6) is -0.520. The summed E-state index contributed by atoms with van der Waals surface area (Å²) in [5, 5.41) is 24.9. The van der Waals surface area contributed by atoms with Gasteiger partial charge >= 0.3 is 0 Å². The Morgan fingerprint density at radius 2 is 1.77 bits per heavy atom. The van der Waals surface area contributed by atoms with Crippen molar-refractivity contribution in [2.45, 2.75) is 91.1 Å². The Labute approximate surface area is 179 Å². The molecule has 9 nitrogen and oxygen atoms in total. The predicted octanol–water partition coefficient (Wildman–Crippen LogP) is 1.20. The molecule has 0 aliphatic carbocycles. The monoisotopic (exact) mass is 422 g/mol. The van der Waals surface area contributed by atoms with E-state index in [9.17, 15) is 14.7 Å². The van der Waals surface area contributed by atoms with Crippen LogP contribution in [0.2, 0.25) is 0 Å². The topological polar surface area (TPSA) is 112 Å². The lowest BCUT2D eigenvalue weighted by atomic mass is 9.85. The zero-order valence-electron chi connectivity index (χ0n) is 19.8. The van der Waals surface area contributed by atoms with Crippen molar-refractivity contribution >= 4 is 11.8 Å². The van der Waals surface area contributed by atoms with Crippen LogP contribution in [0.5, 0.6) is 0 Å². The molecule has 30 heavy (non-hydrogen) atoms. The van der Waals surface area contributed by atoms with Crippen molar-refractivity contribution < 1.29 is 14.7 Å². The number of hydrogen-bond acceptors (Lipinski definition) is 6. The van der Waals surface area contributed by atoms with Crippen molar-refractivity contribution in [1.82, 2.24) is 30.5 Å². The Morgan fingerprint density at radius 3 is 2.27 bits per heavy atom. The van der Waals surface area contributed by atoms with Crippen LogP contribution in [0.1, 0.15) is 73.5 Å². The normalized spacial score (nSPS) is 21.6. The number of carbonyl (C=O) groups excluding carboxylic acids is 2. The lowest BCUT2D eigenvalue weighted by Crippen LogP contribution is -2.50. The third-order valence-electron chi connectivity index (χ3n) is 5.27. The highest BCUT2D eigenvalue weighted by molar-refractivity contribution is 5.90. The number of likely N-dealkylation sites (N-methyl/N-ethyl adjacent to an activating group) is 1. The third-order valence-corrected chi connectivity index (χ3v) is 5.27. The molecule has 2 unspecified atom stereocenters. The largest absolute Gasteiger partial charge is 0.391 e. The van der Waals surface area contributed by atoms with E-state index in [0.717, 1.165) is 5.69 Å². The smallest absolute Gasteiger partial charge is 0.248 e. The van der Waals surface area contributed by atoms with E-state index in [2.05, 4.69) is 41.7 Å². The van der Waals surface area contributed by atoms with Gasteiger partial charge in [-0.2, -0.15) is 0 Å². The molecule has 2 heterocycles. The maximum absolute atomic E-state index is 13.6. The van der Waals surface area contributed by atoms with Crippen LogP contribution in [0, 0.1) is 5.41 Å². The van der Waals surface area contributed by atoms with E-state index in [-0.39, 0.29) is 30.3 Å². The summed E-state index contributed by atoms with van der Waals surface area (Å²) in [6, 6.07) is -1.36. The summed E-state index contributed by atoms with van der Waals surface area (Å²) in [4.78, 5) is 27.4. The first kappa shape index (κ1) is 24.3. The van der Waals surface area contributed by atoms with E-state index in [0.29, 0.717) is 0 Å². The summed E-state index contributed by atoms with van der Waals surface area (Å²) in [6.07, 6.45) is 1.31. The van der Waals surface area contributed by atoms with Gasteiger partial charge in [-0.25, -0.2) is 4.68 Å². The van der Waals surface area contributed by atoms with Crippen LogP contribution in [0.3, 0.4) is 0 Å². The molecule has 0 aromatic carbocycles. The first-order chi connectivity index (χ1) is 13.6. The SMILES string of the molecule is CNC(=O)C1CC(O)CN1C(=O)[C@@H](n1cc(C(C)(C)NC(C)(C)C)nn1)C(C)(C)C. The van der Waals surface area contributed by atoms with E-state index in [1.54, 1.807) is 10.9 Å². The number of likely N-dealkylation sites (tertiary alicyclic amines) is 1. The number of nitrogens with one attached hydrogen (secondary N) is 2. The summed E-state index contributed by atoms with van der Waals surface area (Å²) < 4.78 is 1.59. The van der Waals surface area contributed by atoms with Crippen LogP contribution in [-0.4, -0.2) is 68.1 Å². The predicted molar refractivity (Wildman–Crippen MR) is 115 cm³/mol. The minimum atomic E-state index is -0.724. The second-order valence-electron chi connectivity index (χ2n) is 10.9. The van der Waals surface area contributed by atoms with Gasteiger partial charge in [-0.15, -0.1) is 5.10 Å². The fraction of sp³-hybridized carbons (Fsp3) is 0.810. The lowest BCUT2D eigenvalue weighted by molar-refractivity contribution is -0.144. The molecule has 1 aliphatic rings. The summed E-state index contributed by atoms with van der Waals surface area (Å²) in [7, 11) is 1.53. The molecular weight excluding hydrogens is 384 g/mol. The second kappa shape index (κ2) is 8.26. The van der Waals surface area contributed by atoms with Gasteiger partial charge < -0.3 is 20.6 Å². The zero-order chi connectivity index (χ0) is 23.1. The molecule has 2 amide bonds. The maximum atomic E-state index is 13.6. The molecule has 2 rings (SSSR count). The van der Waals surface area contributed by atoms with Crippen molar-refractivity contribution in [2.75, 3.05) is 13.6 Å². The molecule has 3 N–H and O–H groups in total. The fourth-order valence-corrected chi connectivity index (χ4v) is 4.20. The molecule has 9 heteroatoms. The highest BCUT2D eigenvalue weighted by Gasteiger charge is 2.45. The van der Waals surface area contributed by atoms with Crippen LogP contribution in [0.25, 0.3) is 0 Å². The van der Waals surface area contributed by atoms with E-state index in [1.165, 1.54) is 11.9 Å². The van der Waals surface area contributed by atoms with Crippen LogP contribution >= 0.6 is 0 Å². The van der Waals surface area contributed by atoms with E-state index >= 15 is 0 Å². The molecule has 0 spiro atoms. The van der Waals surface area contributed by atoms with E-state index in [1.807, 2.05) is 34.6 Å². The number of β-amino-alcohol motifs (C(OH)–C–C–N with tert-alkyl or cyclic N) is 1. The number of aliphatic hydroxyl groups is 1.